The van der Waals surface area contributed by atoms with Gasteiger partial charge in [-0.1, -0.05) is 34.1 Å². The summed E-state index contributed by atoms with van der Waals surface area (Å²) < 4.78 is 14.6. The molecule has 1 N–H and O–H groups in total. The summed E-state index contributed by atoms with van der Waals surface area (Å²) in [6.45, 7) is 2.38. The van der Waals surface area contributed by atoms with E-state index >= 15 is 0 Å². The van der Waals surface area contributed by atoms with Gasteiger partial charge in [0.1, 0.15) is 5.82 Å². The Balaban J connectivity index is 1.91. The lowest BCUT2D eigenvalue weighted by Gasteiger charge is -2.10. The molecule has 0 aliphatic heterocycles. The molecule has 106 valence electrons. The fraction of sp³-hybridized carbons (Fsp3) is 0.118. The van der Waals surface area contributed by atoms with Crippen LogP contribution in [0.15, 0.2) is 53.0 Å². The molecule has 2 aromatic carbocycles. The molecule has 0 radical (unpaired) electrons. The number of rotatable bonds is 3. The second-order valence-corrected chi connectivity index (χ2v) is 5.83. The summed E-state index contributed by atoms with van der Waals surface area (Å²) in [4.78, 5) is 4.56. The van der Waals surface area contributed by atoms with Gasteiger partial charge in [-0.3, -0.25) is 4.98 Å². The fourth-order valence-corrected chi connectivity index (χ4v) is 2.67. The average molecular weight is 345 g/mol. The first-order valence-electron chi connectivity index (χ1n) is 6.68. The lowest BCUT2D eigenvalue weighted by atomic mass is 10.1. The highest BCUT2D eigenvalue weighted by atomic mass is 79.9. The molecule has 4 heteroatoms. The van der Waals surface area contributed by atoms with E-state index in [-0.39, 0.29) is 5.82 Å². The van der Waals surface area contributed by atoms with Crippen molar-refractivity contribution in [3.05, 3.63) is 70.1 Å². The first kappa shape index (κ1) is 14.0. The molecule has 1 heterocycles. The minimum Gasteiger partial charge on any atom is -0.379 e. The van der Waals surface area contributed by atoms with Gasteiger partial charge in [-0.15, -0.1) is 0 Å². The number of halogens is 2. The number of nitrogens with one attached hydrogen (secondary N) is 1. The summed E-state index contributed by atoms with van der Waals surface area (Å²) in [7, 11) is 0. The van der Waals surface area contributed by atoms with Gasteiger partial charge in [0.2, 0.25) is 0 Å². The third-order valence-corrected chi connectivity index (χ3v) is 3.83. The maximum atomic E-state index is 13.8. The van der Waals surface area contributed by atoms with Gasteiger partial charge < -0.3 is 5.32 Å². The van der Waals surface area contributed by atoms with E-state index in [1.165, 1.54) is 6.07 Å². The zero-order chi connectivity index (χ0) is 14.8. The molecule has 21 heavy (non-hydrogen) atoms. The highest BCUT2D eigenvalue weighted by Gasteiger charge is 2.06. The summed E-state index contributed by atoms with van der Waals surface area (Å²) in [5, 5.41) is 4.35. The molecule has 0 saturated heterocycles. The van der Waals surface area contributed by atoms with Crippen LogP contribution in [-0.2, 0) is 6.54 Å². The Morgan fingerprint density at radius 2 is 2.00 bits per heavy atom. The smallest absolute Gasteiger partial charge is 0.128 e. The van der Waals surface area contributed by atoms with Crippen LogP contribution >= 0.6 is 15.9 Å². The number of benzene rings is 2. The van der Waals surface area contributed by atoms with Crippen molar-refractivity contribution in [2.75, 3.05) is 5.32 Å². The molecular formula is C17H14BrFN2. The molecular weight excluding hydrogens is 331 g/mol. The molecule has 1 aromatic heterocycles. The Morgan fingerprint density at radius 1 is 1.14 bits per heavy atom. The van der Waals surface area contributed by atoms with Gasteiger partial charge in [0, 0.05) is 27.7 Å². The largest absolute Gasteiger partial charge is 0.379 e. The number of pyridine rings is 1. The van der Waals surface area contributed by atoms with Crippen molar-refractivity contribution in [1.82, 2.24) is 4.98 Å². The van der Waals surface area contributed by atoms with Crippen LogP contribution in [0.2, 0.25) is 0 Å². The van der Waals surface area contributed by atoms with Gasteiger partial charge in [-0.2, -0.15) is 0 Å². The number of fused-ring (bicyclic) bond motifs is 1. The van der Waals surface area contributed by atoms with Crippen molar-refractivity contribution in [1.29, 1.82) is 0 Å². The second kappa shape index (κ2) is 5.82. The molecule has 0 aliphatic rings. The Hall–Kier alpha value is -1.94. The third-order valence-electron chi connectivity index (χ3n) is 3.34. The maximum Gasteiger partial charge on any atom is 0.128 e. The molecule has 3 aromatic rings. The minimum atomic E-state index is -0.213. The average Bonchev–Trinajstić information content (AvgIpc) is 2.48. The Kier molecular flexibility index (Phi) is 3.88. The van der Waals surface area contributed by atoms with Crippen LogP contribution in [0, 0.1) is 12.7 Å². The van der Waals surface area contributed by atoms with E-state index in [0.717, 1.165) is 26.8 Å². The van der Waals surface area contributed by atoms with E-state index in [4.69, 9.17) is 0 Å². The number of para-hydroxylation sites is 1. The van der Waals surface area contributed by atoms with Gasteiger partial charge in [0.15, 0.2) is 0 Å². The number of hydrogen-bond donors (Lipinski definition) is 1. The number of aryl methyl sites for hydroxylation is 1. The topological polar surface area (TPSA) is 24.9 Å². The number of anilines is 1. The van der Waals surface area contributed by atoms with Gasteiger partial charge in [-0.25, -0.2) is 4.39 Å². The quantitative estimate of drug-likeness (QED) is 0.718. The lowest BCUT2D eigenvalue weighted by molar-refractivity contribution is 0.612. The van der Waals surface area contributed by atoms with Crippen LogP contribution in [0.1, 0.15) is 11.3 Å². The van der Waals surface area contributed by atoms with Crippen molar-refractivity contribution in [2.24, 2.45) is 0 Å². The van der Waals surface area contributed by atoms with Crippen LogP contribution in [0.3, 0.4) is 0 Å². The third kappa shape index (κ3) is 3.05. The molecule has 0 saturated carbocycles. The number of aromatic nitrogens is 1. The SMILES string of the molecule is Cc1ccc2cccc(NCc3cc(Br)ccc3F)c2n1. The van der Waals surface area contributed by atoms with Crippen molar-refractivity contribution < 1.29 is 4.39 Å². The Bertz CT molecular complexity index is 802. The van der Waals surface area contributed by atoms with Gasteiger partial charge in [0.25, 0.3) is 0 Å². The molecule has 0 spiro atoms. The van der Waals surface area contributed by atoms with Crippen molar-refractivity contribution >= 4 is 32.5 Å². The molecule has 0 bridgehead atoms. The predicted octanol–water partition coefficient (Wildman–Crippen LogP) is 5.06. The zero-order valence-electron chi connectivity index (χ0n) is 11.5. The maximum absolute atomic E-state index is 13.8. The van der Waals surface area contributed by atoms with E-state index < -0.39 is 0 Å². The van der Waals surface area contributed by atoms with Crippen LogP contribution in [0.5, 0.6) is 0 Å². The highest BCUT2D eigenvalue weighted by molar-refractivity contribution is 9.10. The first-order chi connectivity index (χ1) is 10.1. The number of nitrogens with zero attached hydrogens (tertiary/aromatic N) is 1. The summed E-state index contributed by atoms with van der Waals surface area (Å²) in [5.41, 5.74) is 3.41. The van der Waals surface area contributed by atoms with E-state index in [9.17, 15) is 4.39 Å². The summed E-state index contributed by atoms with van der Waals surface area (Å²) >= 11 is 3.37. The van der Waals surface area contributed by atoms with E-state index in [1.54, 1.807) is 12.1 Å². The van der Waals surface area contributed by atoms with Crippen molar-refractivity contribution in [3.63, 3.8) is 0 Å². The molecule has 0 atom stereocenters. The zero-order valence-corrected chi connectivity index (χ0v) is 13.1. The standard InChI is InChI=1S/C17H14BrFN2/c1-11-5-6-12-3-2-4-16(17(12)21-11)20-10-13-9-14(18)7-8-15(13)19/h2-9,20H,10H2,1H3. The summed E-state index contributed by atoms with van der Waals surface area (Å²) in [6.07, 6.45) is 0. The van der Waals surface area contributed by atoms with Crippen molar-refractivity contribution in [3.8, 4) is 0 Å². The van der Waals surface area contributed by atoms with Crippen LogP contribution in [0.25, 0.3) is 10.9 Å². The van der Waals surface area contributed by atoms with Crippen LogP contribution < -0.4 is 5.32 Å². The minimum absolute atomic E-state index is 0.213. The molecule has 0 fully saturated rings. The Morgan fingerprint density at radius 3 is 2.86 bits per heavy atom. The van der Waals surface area contributed by atoms with E-state index in [0.29, 0.717) is 12.1 Å². The lowest BCUT2D eigenvalue weighted by Crippen LogP contribution is -2.03. The van der Waals surface area contributed by atoms with E-state index in [1.807, 2.05) is 37.3 Å². The normalized spacial score (nSPS) is 10.8. The first-order valence-corrected chi connectivity index (χ1v) is 7.47. The van der Waals surface area contributed by atoms with Gasteiger partial charge in [0.05, 0.1) is 11.2 Å². The fourth-order valence-electron chi connectivity index (χ4n) is 2.26. The predicted molar refractivity (Wildman–Crippen MR) is 87.9 cm³/mol. The monoisotopic (exact) mass is 344 g/mol. The van der Waals surface area contributed by atoms with Crippen LogP contribution in [0.4, 0.5) is 10.1 Å². The molecule has 3 rings (SSSR count). The number of hydrogen-bond acceptors (Lipinski definition) is 2. The molecule has 0 aliphatic carbocycles. The van der Waals surface area contributed by atoms with E-state index in [2.05, 4.69) is 26.2 Å². The van der Waals surface area contributed by atoms with Crippen molar-refractivity contribution in [2.45, 2.75) is 13.5 Å². The summed E-state index contributed by atoms with van der Waals surface area (Å²) in [6, 6.07) is 14.9. The van der Waals surface area contributed by atoms with Gasteiger partial charge >= 0.3 is 0 Å². The second-order valence-electron chi connectivity index (χ2n) is 4.92. The molecule has 2 nitrogen and oxygen atoms in total. The Labute approximate surface area is 131 Å². The highest BCUT2D eigenvalue weighted by Crippen LogP contribution is 2.23. The molecule has 0 amide bonds. The summed E-state index contributed by atoms with van der Waals surface area (Å²) in [5.74, 6) is -0.213. The molecule has 0 unspecified atom stereocenters. The van der Waals surface area contributed by atoms with Gasteiger partial charge in [-0.05, 0) is 37.3 Å². The van der Waals surface area contributed by atoms with Crippen LogP contribution in [-0.4, -0.2) is 4.98 Å².